The number of piperidine rings is 1. The van der Waals surface area contributed by atoms with Gasteiger partial charge in [0.05, 0.1) is 75.5 Å². The van der Waals surface area contributed by atoms with E-state index in [1.54, 1.807) is 30.5 Å². The Balaban J connectivity index is 0.728. The van der Waals surface area contributed by atoms with E-state index in [0.717, 1.165) is 30.9 Å². The van der Waals surface area contributed by atoms with Crippen molar-refractivity contribution < 1.29 is 42.5 Å². The number of amides is 3. The number of nitrogens with one attached hydrogen (secondary N) is 2. The number of carbonyl (C=O) groups is 4. The number of fused-ring (bicyclic) bond motifs is 1. The zero-order chi connectivity index (χ0) is 45.7. The second-order valence-electron chi connectivity index (χ2n) is 15.6. The van der Waals surface area contributed by atoms with Crippen LogP contribution in [0.1, 0.15) is 39.4 Å². The van der Waals surface area contributed by atoms with Crippen molar-refractivity contribution in [2.45, 2.75) is 25.8 Å². The molecule has 1 unspecified atom stereocenters. The Labute approximate surface area is 376 Å². The third-order valence-corrected chi connectivity index (χ3v) is 11.3. The minimum absolute atomic E-state index is 0.129. The molecule has 65 heavy (non-hydrogen) atoms. The van der Waals surface area contributed by atoms with Crippen molar-refractivity contribution in [2.24, 2.45) is 0 Å². The molecule has 3 amide bonds. The first kappa shape index (κ1) is 46.6. The molecular weight excluding hydrogens is 840 g/mol. The Bertz CT molecular complexity index is 2460. The van der Waals surface area contributed by atoms with Crippen LogP contribution in [-0.2, 0) is 28.5 Å². The van der Waals surface area contributed by atoms with E-state index in [9.17, 15) is 19.2 Å². The van der Waals surface area contributed by atoms with Gasteiger partial charge >= 0.3 is 0 Å². The smallest absolute Gasteiger partial charge is 0.257 e. The number of nitrogen functional groups attached to an aromatic ring is 1. The van der Waals surface area contributed by atoms with Crippen molar-refractivity contribution in [3.63, 3.8) is 0 Å². The summed E-state index contributed by atoms with van der Waals surface area (Å²) >= 11 is 0. The first-order chi connectivity index (χ1) is 31.6. The number of hydrogen-bond donors (Lipinski definition) is 3. The van der Waals surface area contributed by atoms with Crippen LogP contribution in [-0.4, -0.2) is 159 Å². The number of halogens is 1. The van der Waals surface area contributed by atoms with E-state index < -0.39 is 17.9 Å². The standard InChI is InChI=1S/C46H55FN10O8/c1-31-51-38-8-7-36(32-12-13-50-41(48)28-32)52-44(38)57(31)34-6-9-39(35(47)29-34)56-17-15-55(16-18-56)19-21-63-23-25-65-27-26-64-24-22-62-20-14-49-37-5-3-4-33(30-58)43(37)46(61)54(2)40-10-11-42(59)53-45(40)60/h3-9,12-13,28-30,40,49H,10-11,14-27H2,1-2H3,(H2,48,50)(H,53,59,60). The highest BCUT2D eigenvalue weighted by Crippen LogP contribution is 2.29. The van der Waals surface area contributed by atoms with Crippen LogP contribution in [0.2, 0.25) is 0 Å². The fraction of sp³-hybridized carbons (Fsp3) is 0.413. The number of aromatic nitrogens is 4. The van der Waals surface area contributed by atoms with Gasteiger partial charge in [-0.05, 0) is 55.8 Å². The molecule has 3 aromatic heterocycles. The Morgan fingerprint density at radius 1 is 0.923 bits per heavy atom. The normalized spacial score (nSPS) is 15.6. The predicted molar refractivity (Wildman–Crippen MR) is 242 cm³/mol. The number of aryl methyl sites for hydroxylation is 1. The van der Waals surface area contributed by atoms with E-state index in [1.165, 1.54) is 18.0 Å². The summed E-state index contributed by atoms with van der Waals surface area (Å²) in [6, 6.07) is 16.8. The van der Waals surface area contributed by atoms with Gasteiger partial charge in [-0.25, -0.2) is 19.3 Å². The molecular formula is C46H55FN10O8. The molecule has 2 saturated heterocycles. The SMILES string of the molecule is Cc1nc2ccc(-c3ccnc(N)c3)nc2n1-c1ccc(N2CCN(CCOCCOCCOCCOCCNc3cccc(C=O)c3C(=O)N(C)C3CCC(=O)NC3=O)CC2)c(F)c1. The number of aldehydes is 1. The zero-order valence-electron chi connectivity index (χ0n) is 36.7. The monoisotopic (exact) mass is 894 g/mol. The Kier molecular flexibility index (Phi) is 16.1. The number of nitrogens with two attached hydrogens (primary N) is 1. The molecule has 2 aliphatic heterocycles. The number of carbonyl (C=O) groups excluding carboxylic acids is 4. The topological polar surface area (TPSA) is 209 Å². The number of hydrogen-bond acceptors (Lipinski definition) is 15. The molecule has 19 heteroatoms. The fourth-order valence-electron chi connectivity index (χ4n) is 7.89. The summed E-state index contributed by atoms with van der Waals surface area (Å²) in [4.78, 5) is 68.3. The number of imide groups is 1. The summed E-state index contributed by atoms with van der Waals surface area (Å²) in [6.45, 7) is 9.32. The van der Waals surface area contributed by atoms with Crippen molar-refractivity contribution in [3.8, 4) is 16.9 Å². The molecule has 2 fully saturated rings. The van der Waals surface area contributed by atoms with E-state index in [4.69, 9.17) is 29.7 Å². The van der Waals surface area contributed by atoms with Crippen molar-refractivity contribution in [3.05, 3.63) is 89.6 Å². The number of pyridine rings is 2. The number of nitrogens with zero attached hydrogens (tertiary/aromatic N) is 7. The Hall–Kier alpha value is -6.38. The van der Waals surface area contributed by atoms with Gasteiger partial charge in [0.15, 0.2) is 11.9 Å². The number of likely N-dealkylation sites (N-methyl/N-ethyl adjacent to an activating group) is 1. The average molecular weight is 895 g/mol. The second kappa shape index (κ2) is 22.5. The molecule has 1 atom stereocenters. The van der Waals surface area contributed by atoms with Gasteiger partial charge in [-0.2, -0.15) is 0 Å². The van der Waals surface area contributed by atoms with Crippen LogP contribution in [0, 0.1) is 12.7 Å². The van der Waals surface area contributed by atoms with Gasteiger partial charge in [0.2, 0.25) is 11.8 Å². The number of anilines is 3. The largest absolute Gasteiger partial charge is 0.384 e. The summed E-state index contributed by atoms with van der Waals surface area (Å²) in [5.41, 5.74) is 10.8. The Morgan fingerprint density at radius 3 is 2.34 bits per heavy atom. The van der Waals surface area contributed by atoms with Crippen LogP contribution < -0.4 is 21.3 Å². The lowest BCUT2D eigenvalue weighted by atomic mass is 10.0. The van der Waals surface area contributed by atoms with Gasteiger partial charge in [0.1, 0.15) is 29.0 Å². The van der Waals surface area contributed by atoms with Crippen molar-refractivity contribution in [1.82, 2.24) is 34.6 Å². The molecule has 4 N–H and O–H groups in total. The quantitative estimate of drug-likeness (QED) is 0.0516. The molecule has 344 valence electrons. The number of piperazine rings is 1. The summed E-state index contributed by atoms with van der Waals surface area (Å²) in [6.07, 6.45) is 2.58. The number of rotatable bonds is 22. The van der Waals surface area contributed by atoms with Crippen LogP contribution in [0.15, 0.2) is 66.9 Å². The first-order valence-corrected chi connectivity index (χ1v) is 21.7. The van der Waals surface area contributed by atoms with Crippen LogP contribution in [0.25, 0.3) is 28.1 Å². The van der Waals surface area contributed by atoms with Crippen LogP contribution in [0.5, 0.6) is 0 Å². The maximum atomic E-state index is 15.7. The van der Waals surface area contributed by atoms with E-state index in [2.05, 4.69) is 30.4 Å². The van der Waals surface area contributed by atoms with Crippen LogP contribution >= 0.6 is 0 Å². The lowest BCUT2D eigenvalue weighted by molar-refractivity contribution is -0.136. The van der Waals surface area contributed by atoms with Crippen LogP contribution in [0.3, 0.4) is 0 Å². The number of imidazole rings is 1. The molecule has 0 saturated carbocycles. The molecule has 2 aromatic carbocycles. The van der Waals surface area contributed by atoms with Gasteiger partial charge in [0, 0.05) is 81.8 Å². The maximum absolute atomic E-state index is 15.7. The van der Waals surface area contributed by atoms with Gasteiger partial charge in [0.25, 0.3) is 5.91 Å². The minimum atomic E-state index is -0.815. The molecule has 0 aliphatic carbocycles. The van der Waals surface area contributed by atoms with Crippen molar-refractivity contribution >= 4 is 52.4 Å². The van der Waals surface area contributed by atoms with Crippen molar-refractivity contribution in [2.75, 3.05) is 115 Å². The summed E-state index contributed by atoms with van der Waals surface area (Å²) < 4.78 is 40.2. The molecule has 0 spiro atoms. The summed E-state index contributed by atoms with van der Waals surface area (Å²) in [7, 11) is 1.48. The summed E-state index contributed by atoms with van der Waals surface area (Å²) in [5, 5.41) is 5.40. The highest BCUT2D eigenvalue weighted by Gasteiger charge is 2.34. The van der Waals surface area contributed by atoms with E-state index >= 15 is 4.39 Å². The lowest BCUT2D eigenvalue weighted by Gasteiger charge is -2.36. The summed E-state index contributed by atoms with van der Waals surface area (Å²) in [5.74, 6) is -0.605. The van der Waals surface area contributed by atoms with E-state index in [1.807, 2.05) is 41.8 Å². The molecule has 5 aromatic rings. The zero-order valence-corrected chi connectivity index (χ0v) is 36.7. The molecule has 0 bridgehead atoms. The third kappa shape index (κ3) is 11.9. The van der Waals surface area contributed by atoms with E-state index in [-0.39, 0.29) is 35.7 Å². The molecule has 0 radical (unpaired) electrons. The minimum Gasteiger partial charge on any atom is -0.384 e. The van der Waals surface area contributed by atoms with Gasteiger partial charge < -0.3 is 39.8 Å². The van der Waals surface area contributed by atoms with Gasteiger partial charge in [-0.3, -0.25) is 34.0 Å². The predicted octanol–water partition coefficient (Wildman–Crippen LogP) is 3.50. The lowest BCUT2D eigenvalue weighted by Crippen LogP contribution is -2.53. The molecule has 18 nitrogen and oxygen atoms in total. The Morgan fingerprint density at radius 2 is 1.65 bits per heavy atom. The first-order valence-electron chi connectivity index (χ1n) is 21.7. The second-order valence-corrected chi connectivity index (χ2v) is 15.6. The van der Waals surface area contributed by atoms with Crippen LogP contribution in [0.4, 0.5) is 21.6 Å². The highest BCUT2D eigenvalue weighted by molar-refractivity contribution is 6.09. The van der Waals surface area contributed by atoms with Gasteiger partial charge in [-0.1, -0.05) is 12.1 Å². The third-order valence-electron chi connectivity index (χ3n) is 11.3. The molecule has 2 aliphatic rings. The van der Waals surface area contributed by atoms with Gasteiger partial charge in [-0.15, -0.1) is 0 Å². The molecule has 5 heterocycles. The average Bonchev–Trinajstić information content (AvgIpc) is 3.64. The fourth-order valence-corrected chi connectivity index (χ4v) is 7.89. The maximum Gasteiger partial charge on any atom is 0.257 e. The van der Waals surface area contributed by atoms with Crippen molar-refractivity contribution in [1.29, 1.82) is 0 Å². The molecule has 7 rings (SSSR count). The number of benzene rings is 2. The number of ether oxygens (including phenoxy) is 4. The van der Waals surface area contributed by atoms with E-state index in [0.29, 0.717) is 119 Å². The highest BCUT2D eigenvalue weighted by atomic mass is 19.1.